The largest absolute Gasteiger partial charge is 0.338 e. The Balaban J connectivity index is 1.73. The number of nitrogens with zero attached hydrogens (tertiary/aromatic N) is 1. The summed E-state index contributed by atoms with van der Waals surface area (Å²) in [7, 11) is 0. The highest BCUT2D eigenvalue weighted by molar-refractivity contribution is 6.42. The molecular weight excluding hydrogens is 321 g/mol. The van der Waals surface area contributed by atoms with Gasteiger partial charge < -0.3 is 15.5 Å². The number of urea groups is 1. The van der Waals surface area contributed by atoms with Gasteiger partial charge in [0.25, 0.3) is 0 Å². The number of nitrogens with one attached hydrogen (secondary N) is 2. The van der Waals surface area contributed by atoms with Crippen LogP contribution in [0.15, 0.2) is 18.2 Å². The van der Waals surface area contributed by atoms with Gasteiger partial charge in [-0.3, -0.25) is 0 Å². The van der Waals surface area contributed by atoms with Gasteiger partial charge in [0, 0.05) is 18.3 Å². The number of piperidine rings is 1. The van der Waals surface area contributed by atoms with Crippen LogP contribution in [-0.4, -0.2) is 36.6 Å². The Bertz CT molecular complexity index is 514. The number of halogens is 2. The van der Waals surface area contributed by atoms with Crippen molar-refractivity contribution >= 4 is 34.9 Å². The van der Waals surface area contributed by atoms with Crippen molar-refractivity contribution in [2.24, 2.45) is 5.92 Å². The van der Waals surface area contributed by atoms with Crippen LogP contribution in [-0.2, 0) is 0 Å². The highest BCUT2D eigenvalue weighted by Gasteiger charge is 2.21. The Labute approximate surface area is 142 Å². The van der Waals surface area contributed by atoms with Crippen LogP contribution >= 0.6 is 23.2 Å². The normalized spacial score (nSPS) is 16.8. The summed E-state index contributed by atoms with van der Waals surface area (Å²) in [6, 6.07) is 5.44. The minimum atomic E-state index is -0.204. The van der Waals surface area contributed by atoms with E-state index in [-0.39, 0.29) is 6.03 Å². The molecule has 1 saturated heterocycles. The van der Waals surface area contributed by atoms with Gasteiger partial charge in [-0.05, 0) is 63.9 Å². The lowest BCUT2D eigenvalue weighted by Crippen LogP contribution is -2.42. The zero-order valence-corrected chi connectivity index (χ0v) is 14.5. The average molecular weight is 344 g/mol. The summed E-state index contributed by atoms with van der Waals surface area (Å²) in [5, 5.41) is 6.61. The second kappa shape index (κ2) is 8.04. The number of hydrogen-bond donors (Lipinski definition) is 2. The Morgan fingerprint density at radius 2 is 1.95 bits per heavy atom. The Kier molecular flexibility index (Phi) is 6.36. The van der Waals surface area contributed by atoms with Gasteiger partial charge in [-0.25, -0.2) is 4.79 Å². The Morgan fingerprint density at radius 3 is 2.55 bits per heavy atom. The zero-order valence-electron chi connectivity index (χ0n) is 13.0. The van der Waals surface area contributed by atoms with Crippen molar-refractivity contribution in [2.75, 3.05) is 25.0 Å². The fourth-order valence-corrected chi connectivity index (χ4v) is 2.96. The highest BCUT2D eigenvalue weighted by atomic mass is 35.5. The molecule has 1 aromatic rings. The molecule has 22 heavy (non-hydrogen) atoms. The number of anilines is 1. The van der Waals surface area contributed by atoms with Crippen molar-refractivity contribution in [1.29, 1.82) is 0 Å². The van der Waals surface area contributed by atoms with Gasteiger partial charge >= 0.3 is 6.03 Å². The van der Waals surface area contributed by atoms with Gasteiger partial charge in [-0.2, -0.15) is 0 Å². The summed E-state index contributed by atoms with van der Waals surface area (Å²) in [4.78, 5) is 14.4. The summed E-state index contributed by atoms with van der Waals surface area (Å²) >= 11 is 11.8. The first-order chi connectivity index (χ1) is 10.5. The van der Waals surface area contributed by atoms with Crippen LogP contribution in [0.25, 0.3) is 0 Å². The molecule has 0 radical (unpaired) electrons. The van der Waals surface area contributed by atoms with Crippen molar-refractivity contribution in [2.45, 2.75) is 32.7 Å². The van der Waals surface area contributed by atoms with E-state index in [0.29, 0.717) is 34.2 Å². The summed E-state index contributed by atoms with van der Waals surface area (Å²) < 4.78 is 0. The van der Waals surface area contributed by atoms with E-state index in [1.165, 1.54) is 0 Å². The van der Waals surface area contributed by atoms with Gasteiger partial charge in [0.2, 0.25) is 0 Å². The maximum absolute atomic E-state index is 11.9. The maximum atomic E-state index is 11.9. The van der Waals surface area contributed by atoms with Crippen LogP contribution in [0.4, 0.5) is 10.5 Å². The molecule has 0 unspecified atom stereocenters. The third-order valence-electron chi connectivity index (χ3n) is 4.11. The van der Waals surface area contributed by atoms with Crippen LogP contribution in [0.5, 0.6) is 0 Å². The molecule has 1 aromatic carbocycles. The maximum Gasteiger partial charge on any atom is 0.319 e. The first-order valence-electron chi connectivity index (χ1n) is 7.69. The summed E-state index contributed by atoms with van der Waals surface area (Å²) in [6.07, 6.45) is 2.26. The number of rotatable bonds is 4. The fraction of sp³-hybridized carbons (Fsp3) is 0.562. The molecule has 0 bridgehead atoms. The molecule has 1 fully saturated rings. The van der Waals surface area contributed by atoms with E-state index >= 15 is 0 Å². The second-order valence-electron chi connectivity index (χ2n) is 6.04. The third kappa shape index (κ3) is 5.04. The van der Waals surface area contributed by atoms with Gasteiger partial charge in [-0.1, -0.05) is 23.2 Å². The summed E-state index contributed by atoms with van der Waals surface area (Å²) in [5.74, 6) is 0.551. The minimum Gasteiger partial charge on any atom is -0.338 e. The first-order valence-corrected chi connectivity index (χ1v) is 8.45. The quantitative estimate of drug-likeness (QED) is 0.858. The van der Waals surface area contributed by atoms with E-state index in [2.05, 4.69) is 29.4 Å². The van der Waals surface area contributed by atoms with E-state index in [0.717, 1.165) is 25.9 Å². The summed E-state index contributed by atoms with van der Waals surface area (Å²) in [5.41, 5.74) is 0.640. The molecule has 2 N–H and O–H groups in total. The zero-order chi connectivity index (χ0) is 16.1. The molecule has 0 spiro atoms. The van der Waals surface area contributed by atoms with Crippen LogP contribution in [0.2, 0.25) is 10.0 Å². The highest BCUT2D eigenvalue weighted by Crippen LogP contribution is 2.25. The molecule has 0 aliphatic carbocycles. The lowest BCUT2D eigenvalue weighted by atomic mass is 9.96. The van der Waals surface area contributed by atoms with Crippen molar-refractivity contribution in [3.05, 3.63) is 28.2 Å². The van der Waals surface area contributed by atoms with E-state index in [9.17, 15) is 4.79 Å². The van der Waals surface area contributed by atoms with Crippen LogP contribution < -0.4 is 10.6 Å². The molecule has 2 amide bonds. The van der Waals surface area contributed by atoms with E-state index in [1.54, 1.807) is 18.2 Å². The number of carbonyl (C=O) groups excluding carboxylic acids is 1. The van der Waals surface area contributed by atoms with E-state index in [1.807, 2.05) is 0 Å². The van der Waals surface area contributed by atoms with Crippen molar-refractivity contribution in [1.82, 2.24) is 10.2 Å². The minimum absolute atomic E-state index is 0.204. The molecule has 1 heterocycles. The number of carbonyl (C=O) groups is 1. The Hall–Kier alpha value is -0.970. The van der Waals surface area contributed by atoms with Crippen molar-refractivity contribution < 1.29 is 4.79 Å². The van der Waals surface area contributed by atoms with Crippen LogP contribution in [0.1, 0.15) is 26.7 Å². The van der Waals surface area contributed by atoms with Crippen LogP contribution in [0.3, 0.4) is 0 Å². The standard InChI is InChI=1S/C16H23Cl2N3O/c1-11(2)21-7-5-12(6-8-21)10-19-16(22)20-13-3-4-14(17)15(18)9-13/h3-4,9,11-12H,5-8,10H2,1-2H3,(H2,19,20,22). The number of amides is 2. The van der Waals surface area contributed by atoms with E-state index in [4.69, 9.17) is 23.2 Å². The Morgan fingerprint density at radius 1 is 1.27 bits per heavy atom. The number of benzene rings is 1. The molecule has 0 saturated carbocycles. The van der Waals surface area contributed by atoms with Crippen molar-refractivity contribution in [3.8, 4) is 0 Å². The van der Waals surface area contributed by atoms with Gasteiger partial charge in [0.1, 0.15) is 0 Å². The fourth-order valence-electron chi connectivity index (χ4n) is 2.66. The lowest BCUT2D eigenvalue weighted by Gasteiger charge is -2.34. The first kappa shape index (κ1) is 17.4. The number of hydrogen-bond acceptors (Lipinski definition) is 2. The monoisotopic (exact) mass is 343 g/mol. The molecule has 1 aliphatic heterocycles. The molecule has 1 aliphatic rings. The molecule has 4 nitrogen and oxygen atoms in total. The molecule has 2 rings (SSSR count). The predicted octanol–water partition coefficient (Wildman–Crippen LogP) is 4.24. The second-order valence-corrected chi connectivity index (χ2v) is 6.85. The lowest BCUT2D eigenvalue weighted by molar-refractivity contribution is 0.149. The van der Waals surface area contributed by atoms with E-state index < -0.39 is 0 Å². The summed E-state index contributed by atoms with van der Waals surface area (Å²) in [6.45, 7) is 7.38. The molecule has 6 heteroatoms. The van der Waals surface area contributed by atoms with Gasteiger partial charge in [0.05, 0.1) is 10.0 Å². The molecular formula is C16H23Cl2N3O. The van der Waals surface area contributed by atoms with Gasteiger partial charge in [0.15, 0.2) is 0 Å². The van der Waals surface area contributed by atoms with Crippen molar-refractivity contribution in [3.63, 3.8) is 0 Å². The molecule has 122 valence electrons. The SMILES string of the molecule is CC(C)N1CCC(CNC(=O)Nc2ccc(Cl)c(Cl)c2)CC1. The van der Waals surface area contributed by atoms with Gasteiger partial charge in [-0.15, -0.1) is 0 Å². The third-order valence-corrected chi connectivity index (χ3v) is 4.85. The molecule has 0 aromatic heterocycles. The smallest absolute Gasteiger partial charge is 0.319 e. The topological polar surface area (TPSA) is 44.4 Å². The molecule has 0 atom stereocenters. The average Bonchev–Trinajstić information content (AvgIpc) is 2.49. The number of likely N-dealkylation sites (tertiary alicyclic amines) is 1. The van der Waals surface area contributed by atoms with Crippen LogP contribution in [0, 0.1) is 5.92 Å². The predicted molar refractivity (Wildman–Crippen MR) is 92.9 cm³/mol.